The number of rotatable bonds is 4. The first-order valence-corrected chi connectivity index (χ1v) is 18.4. The Kier molecular flexibility index (Phi) is 7.85. The molecular weight excluding hydrogens is 584 g/mol. The van der Waals surface area contributed by atoms with Crippen LogP contribution in [0.4, 0.5) is 9.59 Å². The van der Waals surface area contributed by atoms with Crippen molar-refractivity contribution >= 4 is 12.2 Å². The number of carbonyl (C=O) groups is 2. The molecule has 9 nitrogen and oxygen atoms in total. The first-order valence-electron chi connectivity index (χ1n) is 18.4. The Hall–Kier alpha value is -1.58. The van der Waals surface area contributed by atoms with E-state index in [0.717, 1.165) is 38.5 Å². The number of alkyl carbamates (subject to hydrolysis) is 1. The van der Waals surface area contributed by atoms with Crippen molar-refractivity contribution in [2.75, 3.05) is 33.4 Å². The number of ether oxygens (including phenoxy) is 4. The van der Waals surface area contributed by atoms with E-state index in [1.165, 1.54) is 12.8 Å². The van der Waals surface area contributed by atoms with Gasteiger partial charge in [0.05, 0.1) is 31.5 Å². The van der Waals surface area contributed by atoms with Crippen molar-refractivity contribution in [2.24, 2.45) is 56.7 Å². The van der Waals surface area contributed by atoms with Gasteiger partial charge in [0.2, 0.25) is 0 Å². The number of hydrogen-bond acceptors (Lipinski definition) is 7. The lowest BCUT2D eigenvalue weighted by atomic mass is 9.41. The van der Waals surface area contributed by atoms with Crippen LogP contribution in [0.25, 0.3) is 0 Å². The molecule has 7 fully saturated rings. The van der Waals surface area contributed by atoms with Crippen molar-refractivity contribution in [1.29, 1.82) is 0 Å². The van der Waals surface area contributed by atoms with Gasteiger partial charge in [-0.15, -0.1) is 0 Å². The largest absolute Gasteiger partial charge is 0.446 e. The van der Waals surface area contributed by atoms with E-state index >= 15 is 0 Å². The molecular formula is C37H60N2O7. The number of amides is 2. The molecule has 2 aliphatic heterocycles. The highest BCUT2D eigenvalue weighted by Gasteiger charge is 2.84. The van der Waals surface area contributed by atoms with E-state index in [-0.39, 0.29) is 69.4 Å². The van der Waals surface area contributed by atoms with E-state index in [1.54, 1.807) is 7.05 Å². The third kappa shape index (κ3) is 4.28. The minimum atomic E-state index is -0.559. The van der Waals surface area contributed by atoms with Gasteiger partial charge in [-0.1, -0.05) is 48.5 Å². The summed E-state index contributed by atoms with van der Waals surface area (Å²) in [4.78, 5) is 27.3. The summed E-state index contributed by atoms with van der Waals surface area (Å²) in [7, 11) is 1.59. The molecule has 2 N–H and O–H groups in total. The highest BCUT2D eigenvalue weighted by molar-refractivity contribution is 5.68. The molecule has 0 aromatic heterocycles. The predicted octanol–water partition coefficient (Wildman–Crippen LogP) is 6.02. The van der Waals surface area contributed by atoms with Crippen molar-refractivity contribution in [2.45, 2.75) is 130 Å². The van der Waals surface area contributed by atoms with Gasteiger partial charge in [0.15, 0.2) is 0 Å². The van der Waals surface area contributed by atoms with Crippen LogP contribution in [-0.4, -0.2) is 86.1 Å². The van der Waals surface area contributed by atoms with E-state index in [4.69, 9.17) is 18.9 Å². The van der Waals surface area contributed by atoms with Crippen LogP contribution in [0.2, 0.25) is 0 Å². The van der Waals surface area contributed by atoms with Gasteiger partial charge in [0.1, 0.15) is 12.2 Å². The summed E-state index contributed by atoms with van der Waals surface area (Å²) in [6, 6.07) is 0. The molecule has 260 valence electrons. The second kappa shape index (κ2) is 11.0. The fourth-order valence-corrected chi connectivity index (χ4v) is 13.5. The lowest BCUT2D eigenvalue weighted by Gasteiger charge is -2.63. The summed E-state index contributed by atoms with van der Waals surface area (Å²) in [5.41, 5.74) is 0.124. The fraction of sp³-hybridized carbons (Fsp3) is 0.946. The average molecular weight is 645 g/mol. The summed E-state index contributed by atoms with van der Waals surface area (Å²) in [6.45, 7) is 18.5. The fourth-order valence-electron chi connectivity index (χ4n) is 13.5. The lowest BCUT2D eigenvalue weighted by Crippen LogP contribution is -2.60. The number of fused-ring (bicyclic) bond motifs is 4. The zero-order valence-electron chi connectivity index (χ0n) is 29.6. The SMILES string of the molecule is CNC(=O)O[C@H](C(C)C)C1C[C@@H](C)[C@H]2C(O1)[C@H](O)[C@@]1(C)C3CC[C@H]4C(C)(C)C(OC(=O)N5CCOCC5)CC[C@@]45C[C@@]35CC[C@]21C. The molecule has 2 spiro atoms. The lowest BCUT2D eigenvalue weighted by molar-refractivity contribution is -0.185. The summed E-state index contributed by atoms with van der Waals surface area (Å²) in [6.07, 6.45) is 6.56. The number of carbonyl (C=O) groups excluding carboxylic acids is 2. The van der Waals surface area contributed by atoms with E-state index in [1.807, 2.05) is 4.90 Å². The van der Waals surface area contributed by atoms with Crippen LogP contribution in [0, 0.1) is 56.7 Å². The molecule has 5 aliphatic carbocycles. The average Bonchev–Trinajstić information content (AvgIpc) is 3.65. The van der Waals surface area contributed by atoms with E-state index < -0.39 is 12.2 Å². The molecule has 0 aromatic carbocycles. The molecule has 2 heterocycles. The summed E-state index contributed by atoms with van der Waals surface area (Å²) < 4.78 is 24.6. The van der Waals surface area contributed by atoms with Crippen molar-refractivity contribution in [3.63, 3.8) is 0 Å². The van der Waals surface area contributed by atoms with Gasteiger partial charge < -0.3 is 34.3 Å². The number of morpholine rings is 1. The zero-order chi connectivity index (χ0) is 33.0. The number of nitrogens with one attached hydrogen (secondary N) is 1. The molecule has 2 saturated heterocycles. The first-order chi connectivity index (χ1) is 21.7. The topological polar surface area (TPSA) is 107 Å². The predicted molar refractivity (Wildman–Crippen MR) is 173 cm³/mol. The van der Waals surface area contributed by atoms with Gasteiger partial charge in [-0.05, 0) is 97.2 Å². The second-order valence-electron chi connectivity index (χ2n) is 17.9. The molecule has 0 radical (unpaired) electrons. The van der Waals surface area contributed by atoms with Gasteiger partial charge in [-0.2, -0.15) is 0 Å². The minimum Gasteiger partial charge on any atom is -0.446 e. The van der Waals surface area contributed by atoms with Crippen molar-refractivity contribution in [3.05, 3.63) is 0 Å². The zero-order valence-corrected chi connectivity index (χ0v) is 29.6. The molecule has 0 aromatic rings. The molecule has 7 aliphatic rings. The summed E-state index contributed by atoms with van der Waals surface area (Å²) in [5.74, 6) is 1.68. The monoisotopic (exact) mass is 644 g/mol. The maximum Gasteiger partial charge on any atom is 0.410 e. The maximum absolute atomic E-state index is 13.2. The third-order valence-corrected chi connectivity index (χ3v) is 15.7. The number of nitrogens with zero attached hydrogens (tertiary/aromatic N) is 1. The Balaban J connectivity index is 1.13. The van der Waals surface area contributed by atoms with Gasteiger partial charge in [-0.3, -0.25) is 0 Å². The first kappa shape index (κ1) is 32.9. The van der Waals surface area contributed by atoms with Crippen LogP contribution < -0.4 is 5.32 Å². The van der Waals surface area contributed by atoms with Gasteiger partial charge >= 0.3 is 12.2 Å². The van der Waals surface area contributed by atoms with Crippen LogP contribution in [0.5, 0.6) is 0 Å². The molecule has 4 unspecified atom stereocenters. The highest BCUT2D eigenvalue weighted by Crippen LogP contribution is 2.89. The smallest absolute Gasteiger partial charge is 0.410 e. The van der Waals surface area contributed by atoms with Crippen LogP contribution in [0.1, 0.15) is 99.8 Å². The molecule has 13 atom stereocenters. The quantitative estimate of drug-likeness (QED) is 0.386. The van der Waals surface area contributed by atoms with E-state index in [2.05, 4.69) is 53.8 Å². The molecule has 7 rings (SSSR count). The van der Waals surface area contributed by atoms with Gasteiger partial charge in [-0.25, -0.2) is 9.59 Å². The molecule has 9 heteroatoms. The number of hydrogen-bond donors (Lipinski definition) is 2. The molecule has 0 bridgehead atoms. The van der Waals surface area contributed by atoms with Gasteiger partial charge in [0, 0.05) is 31.0 Å². The summed E-state index contributed by atoms with van der Waals surface area (Å²) >= 11 is 0. The molecule has 2 amide bonds. The Morgan fingerprint density at radius 2 is 1.65 bits per heavy atom. The highest BCUT2D eigenvalue weighted by atomic mass is 16.6. The second-order valence-corrected chi connectivity index (χ2v) is 17.9. The van der Waals surface area contributed by atoms with Gasteiger partial charge in [0.25, 0.3) is 0 Å². The Labute approximate surface area is 276 Å². The molecule has 46 heavy (non-hydrogen) atoms. The Bertz CT molecular complexity index is 1220. The van der Waals surface area contributed by atoms with E-state index in [0.29, 0.717) is 44.1 Å². The van der Waals surface area contributed by atoms with Crippen LogP contribution >= 0.6 is 0 Å². The van der Waals surface area contributed by atoms with E-state index in [9.17, 15) is 14.7 Å². The number of aliphatic hydroxyl groups is 1. The normalized spacial score (nSPS) is 49.4. The molecule has 5 saturated carbocycles. The summed E-state index contributed by atoms with van der Waals surface area (Å²) in [5, 5.41) is 15.2. The Morgan fingerprint density at radius 3 is 2.33 bits per heavy atom. The van der Waals surface area contributed by atoms with Crippen molar-refractivity contribution in [3.8, 4) is 0 Å². The minimum absolute atomic E-state index is 0.0244. The van der Waals surface area contributed by atoms with Crippen LogP contribution in [0.15, 0.2) is 0 Å². The van der Waals surface area contributed by atoms with Crippen molar-refractivity contribution < 1.29 is 33.6 Å². The number of aliphatic hydroxyl groups excluding tert-OH is 1. The maximum atomic E-state index is 13.2. The van der Waals surface area contributed by atoms with Crippen LogP contribution in [-0.2, 0) is 18.9 Å². The van der Waals surface area contributed by atoms with Crippen molar-refractivity contribution in [1.82, 2.24) is 10.2 Å². The standard InChI is InChI=1S/C37H60N2O7/c1-21(2)28(46-31(41)38-8)23-19-22(3)27-29(44-23)30(40)35(7)25-10-9-24-33(4,5)26(45-32(42)39-15-17-43-18-16-39)11-12-36(24)20-37(25,36)14-13-34(27,35)6/h21-30,40H,9-20H2,1-8H3,(H,38,41)/t22-,23?,24+,25?,26?,27+,28-,29?,30+,34-,35-,36-,37+/m1/s1. The Morgan fingerprint density at radius 1 is 0.978 bits per heavy atom. The third-order valence-electron chi connectivity index (χ3n) is 15.7. The van der Waals surface area contributed by atoms with Crippen LogP contribution in [0.3, 0.4) is 0 Å².